The Morgan fingerprint density at radius 2 is 1.86 bits per heavy atom. The molecule has 3 amide bonds. The van der Waals surface area contributed by atoms with Crippen LogP contribution in [0.1, 0.15) is 64.4 Å². The molecule has 0 atom stereocenters. The topological polar surface area (TPSA) is 97.3 Å². The van der Waals surface area contributed by atoms with Gasteiger partial charge in [0.15, 0.2) is 5.96 Å². The molecule has 2 rings (SSSR count). The van der Waals surface area contributed by atoms with Crippen molar-refractivity contribution in [1.29, 1.82) is 5.41 Å². The number of aryl methyl sites for hydroxylation is 1. The SMILES string of the molecule is CCCCC1(CCCC)NC(=N)N(CCCNC(=O)Nc2cccc(C)c2)C1=O. The van der Waals surface area contributed by atoms with Crippen molar-refractivity contribution in [2.24, 2.45) is 0 Å². The first-order chi connectivity index (χ1) is 13.9. The van der Waals surface area contributed by atoms with E-state index in [0.717, 1.165) is 49.8 Å². The van der Waals surface area contributed by atoms with Crippen LogP contribution in [0.15, 0.2) is 24.3 Å². The summed E-state index contributed by atoms with van der Waals surface area (Å²) in [6.45, 7) is 7.06. The van der Waals surface area contributed by atoms with Gasteiger partial charge in [-0.2, -0.15) is 0 Å². The lowest BCUT2D eigenvalue weighted by Crippen LogP contribution is -2.47. The van der Waals surface area contributed by atoms with E-state index >= 15 is 0 Å². The van der Waals surface area contributed by atoms with Gasteiger partial charge in [0.25, 0.3) is 5.91 Å². The number of guanidine groups is 1. The number of hydrogen-bond acceptors (Lipinski definition) is 3. The van der Waals surface area contributed by atoms with Gasteiger partial charge < -0.3 is 16.0 Å². The average molecular weight is 402 g/mol. The molecule has 0 spiro atoms. The van der Waals surface area contributed by atoms with Gasteiger partial charge in [-0.25, -0.2) is 4.79 Å². The molecule has 29 heavy (non-hydrogen) atoms. The van der Waals surface area contributed by atoms with E-state index < -0.39 is 5.54 Å². The number of hydrogen-bond donors (Lipinski definition) is 4. The first-order valence-corrected chi connectivity index (χ1v) is 10.7. The second-order valence-corrected chi connectivity index (χ2v) is 7.82. The molecule has 4 N–H and O–H groups in total. The van der Waals surface area contributed by atoms with Gasteiger partial charge in [0, 0.05) is 18.8 Å². The summed E-state index contributed by atoms with van der Waals surface area (Å²) in [6.07, 6.45) is 6.09. The highest BCUT2D eigenvalue weighted by molar-refractivity contribution is 6.07. The highest BCUT2D eigenvalue weighted by Gasteiger charge is 2.47. The van der Waals surface area contributed by atoms with Crippen LogP contribution in [0.3, 0.4) is 0 Å². The highest BCUT2D eigenvalue weighted by atomic mass is 16.2. The molecule has 160 valence electrons. The molecule has 7 heteroatoms. The summed E-state index contributed by atoms with van der Waals surface area (Å²) in [6, 6.07) is 7.35. The lowest BCUT2D eigenvalue weighted by Gasteiger charge is -2.27. The van der Waals surface area contributed by atoms with Crippen molar-refractivity contribution in [3.63, 3.8) is 0 Å². The van der Waals surface area contributed by atoms with Crippen molar-refractivity contribution < 1.29 is 9.59 Å². The molecule has 7 nitrogen and oxygen atoms in total. The second kappa shape index (κ2) is 10.8. The van der Waals surface area contributed by atoms with Crippen LogP contribution in [0, 0.1) is 12.3 Å². The normalized spacial score (nSPS) is 15.3. The van der Waals surface area contributed by atoms with E-state index in [2.05, 4.69) is 29.8 Å². The minimum Gasteiger partial charge on any atom is -0.342 e. The molecule has 1 aliphatic heterocycles. The standard InChI is InChI=1S/C22H35N5O2/c1-4-6-12-22(13-7-5-2)19(28)27(20(23)26-22)15-9-14-24-21(29)25-18-11-8-10-17(3)16-18/h8,10-11,16H,4-7,9,12-15H2,1-3H3,(H2,23,26)(H2,24,25,29). The molecule has 0 radical (unpaired) electrons. The van der Waals surface area contributed by atoms with Crippen molar-refractivity contribution in [3.8, 4) is 0 Å². The number of rotatable bonds is 11. The Hall–Kier alpha value is -2.57. The van der Waals surface area contributed by atoms with E-state index in [1.165, 1.54) is 4.90 Å². The Morgan fingerprint density at radius 3 is 2.48 bits per heavy atom. The minimum absolute atomic E-state index is 0.00797. The Balaban J connectivity index is 1.82. The van der Waals surface area contributed by atoms with Gasteiger partial charge in [0.1, 0.15) is 5.54 Å². The molecular weight excluding hydrogens is 366 g/mol. The van der Waals surface area contributed by atoms with E-state index in [4.69, 9.17) is 5.41 Å². The fourth-order valence-electron chi connectivity index (χ4n) is 3.68. The quantitative estimate of drug-likeness (QED) is 0.422. The van der Waals surface area contributed by atoms with Crippen molar-refractivity contribution in [1.82, 2.24) is 15.5 Å². The van der Waals surface area contributed by atoms with Crippen LogP contribution in [0.5, 0.6) is 0 Å². The predicted molar refractivity (Wildman–Crippen MR) is 117 cm³/mol. The maximum absolute atomic E-state index is 13.1. The van der Waals surface area contributed by atoms with Crippen LogP contribution in [0.4, 0.5) is 10.5 Å². The molecule has 1 aliphatic rings. The molecule has 1 aromatic rings. The van der Waals surface area contributed by atoms with Crippen LogP contribution in [-0.4, -0.2) is 41.4 Å². The van der Waals surface area contributed by atoms with Crippen LogP contribution >= 0.6 is 0 Å². The lowest BCUT2D eigenvalue weighted by atomic mass is 9.87. The summed E-state index contributed by atoms with van der Waals surface area (Å²) in [7, 11) is 0. The minimum atomic E-state index is -0.626. The van der Waals surface area contributed by atoms with E-state index in [1.54, 1.807) is 0 Å². The smallest absolute Gasteiger partial charge is 0.319 e. The Kier molecular flexibility index (Phi) is 8.49. The third kappa shape index (κ3) is 6.21. The maximum Gasteiger partial charge on any atom is 0.319 e. The van der Waals surface area contributed by atoms with Crippen LogP contribution in [0.2, 0.25) is 0 Å². The number of nitrogens with one attached hydrogen (secondary N) is 4. The third-order valence-electron chi connectivity index (χ3n) is 5.32. The Labute approximate surface area is 174 Å². The number of urea groups is 1. The van der Waals surface area contributed by atoms with E-state index in [9.17, 15) is 9.59 Å². The summed E-state index contributed by atoms with van der Waals surface area (Å²) in [4.78, 5) is 26.6. The largest absolute Gasteiger partial charge is 0.342 e. The van der Waals surface area contributed by atoms with Gasteiger partial charge in [-0.15, -0.1) is 0 Å². The van der Waals surface area contributed by atoms with Crippen molar-refractivity contribution in [3.05, 3.63) is 29.8 Å². The molecule has 0 aliphatic carbocycles. The monoisotopic (exact) mass is 401 g/mol. The second-order valence-electron chi connectivity index (χ2n) is 7.82. The van der Waals surface area contributed by atoms with Gasteiger partial charge in [-0.1, -0.05) is 51.7 Å². The number of amides is 3. The lowest BCUT2D eigenvalue weighted by molar-refractivity contribution is -0.131. The van der Waals surface area contributed by atoms with E-state index in [-0.39, 0.29) is 17.9 Å². The van der Waals surface area contributed by atoms with Crippen LogP contribution < -0.4 is 16.0 Å². The number of nitrogens with zero attached hydrogens (tertiary/aromatic N) is 1. The molecule has 1 aromatic carbocycles. The summed E-state index contributed by atoms with van der Waals surface area (Å²) in [5, 5.41) is 17.0. The van der Waals surface area contributed by atoms with Crippen molar-refractivity contribution in [2.75, 3.05) is 18.4 Å². The van der Waals surface area contributed by atoms with Crippen molar-refractivity contribution in [2.45, 2.75) is 71.3 Å². The van der Waals surface area contributed by atoms with E-state index in [0.29, 0.717) is 19.5 Å². The number of carbonyl (C=O) groups is 2. The van der Waals surface area contributed by atoms with Gasteiger partial charge in [0.05, 0.1) is 0 Å². The molecule has 0 bridgehead atoms. The summed E-state index contributed by atoms with van der Waals surface area (Å²) in [5.74, 6) is 0.194. The molecule has 0 aromatic heterocycles. The van der Waals surface area contributed by atoms with Crippen LogP contribution in [0.25, 0.3) is 0 Å². The Bertz CT molecular complexity index is 711. The third-order valence-corrected chi connectivity index (χ3v) is 5.32. The summed E-state index contributed by atoms with van der Waals surface area (Å²) >= 11 is 0. The Morgan fingerprint density at radius 1 is 1.17 bits per heavy atom. The van der Waals surface area contributed by atoms with Gasteiger partial charge in [-0.3, -0.25) is 15.1 Å². The number of unbranched alkanes of at least 4 members (excludes halogenated alkanes) is 2. The number of benzene rings is 1. The van der Waals surface area contributed by atoms with E-state index in [1.807, 2.05) is 31.2 Å². The highest BCUT2D eigenvalue weighted by Crippen LogP contribution is 2.29. The molecule has 0 unspecified atom stereocenters. The molecule has 0 saturated carbocycles. The first kappa shape index (κ1) is 22.7. The molecule has 1 saturated heterocycles. The first-order valence-electron chi connectivity index (χ1n) is 10.7. The molecular formula is C22H35N5O2. The average Bonchev–Trinajstić information content (AvgIpc) is 2.92. The fraction of sp³-hybridized carbons (Fsp3) is 0.591. The number of carbonyl (C=O) groups excluding carboxylic acids is 2. The van der Waals surface area contributed by atoms with Crippen molar-refractivity contribution >= 4 is 23.6 Å². The fourth-order valence-corrected chi connectivity index (χ4v) is 3.68. The maximum atomic E-state index is 13.1. The summed E-state index contributed by atoms with van der Waals surface area (Å²) < 4.78 is 0. The zero-order valence-corrected chi connectivity index (χ0v) is 17.9. The van der Waals surface area contributed by atoms with Crippen LogP contribution in [-0.2, 0) is 4.79 Å². The predicted octanol–water partition coefficient (Wildman–Crippen LogP) is 3.99. The zero-order valence-electron chi connectivity index (χ0n) is 17.9. The van der Waals surface area contributed by atoms with Gasteiger partial charge in [-0.05, 0) is 43.9 Å². The molecule has 1 fully saturated rings. The zero-order chi connectivity index (χ0) is 21.3. The van der Waals surface area contributed by atoms with Gasteiger partial charge in [0.2, 0.25) is 0 Å². The van der Waals surface area contributed by atoms with Gasteiger partial charge >= 0.3 is 6.03 Å². The summed E-state index contributed by atoms with van der Waals surface area (Å²) in [5.41, 5.74) is 1.20. The number of anilines is 1. The molecule has 1 heterocycles.